The van der Waals surface area contributed by atoms with Gasteiger partial charge in [-0.05, 0) is 30.4 Å². The van der Waals surface area contributed by atoms with Crippen molar-refractivity contribution in [1.29, 1.82) is 0 Å². The Hall–Kier alpha value is -0.490. The molecule has 0 spiro atoms. The molecule has 2 atom stereocenters. The highest BCUT2D eigenvalue weighted by atomic mass is 35.5. The second-order valence-electron chi connectivity index (χ2n) is 5.42. The van der Waals surface area contributed by atoms with Crippen LogP contribution in [0.15, 0.2) is 17.0 Å². The lowest BCUT2D eigenvalue weighted by Gasteiger charge is -2.34. The zero-order chi connectivity index (χ0) is 15.1. The van der Waals surface area contributed by atoms with E-state index in [1.54, 1.807) is 0 Å². The molecule has 1 aromatic carbocycles. The quantitative estimate of drug-likeness (QED) is 0.843. The Morgan fingerprint density at radius 1 is 1.20 bits per heavy atom. The Labute approximate surface area is 129 Å². The first-order valence-electron chi connectivity index (χ1n) is 6.48. The first kappa shape index (κ1) is 15.9. The molecule has 2 rings (SSSR count). The number of nitrogens with two attached hydrogens (primary N) is 1. The van der Waals surface area contributed by atoms with E-state index in [0.717, 1.165) is 6.42 Å². The minimum absolute atomic E-state index is 0.0446. The molecule has 1 aliphatic rings. The van der Waals surface area contributed by atoms with Gasteiger partial charge in [0, 0.05) is 18.8 Å². The van der Waals surface area contributed by atoms with Crippen LogP contribution in [0, 0.1) is 11.8 Å². The van der Waals surface area contributed by atoms with Crippen molar-refractivity contribution in [1.82, 2.24) is 4.31 Å². The SMILES string of the molecule is CC1CCN(S(=O)(=O)c2c(Cl)cc(N)cc2Cl)CC1C. The van der Waals surface area contributed by atoms with Crippen molar-refractivity contribution in [2.75, 3.05) is 18.8 Å². The zero-order valence-electron chi connectivity index (χ0n) is 11.4. The number of sulfonamides is 1. The Morgan fingerprint density at radius 2 is 1.75 bits per heavy atom. The average molecular weight is 337 g/mol. The predicted molar refractivity (Wildman–Crippen MR) is 82.6 cm³/mol. The molecule has 1 fully saturated rings. The van der Waals surface area contributed by atoms with Crippen LogP contribution in [-0.4, -0.2) is 25.8 Å². The number of benzene rings is 1. The molecule has 2 unspecified atom stereocenters. The molecule has 0 radical (unpaired) electrons. The molecule has 20 heavy (non-hydrogen) atoms. The van der Waals surface area contributed by atoms with E-state index in [2.05, 4.69) is 13.8 Å². The van der Waals surface area contributed by atoms with Gasteiger partial charge in [-0.2, -0.15) is 4.31 Å². The normalized spacial score (nSPS) is 24.8. The van der Waals surface area contributed by atoms with Crippen molar-refractivity contribution in [2.24, 2.45) is 11.8 Å². The van der Waals surface area contributed by atoms with Crippen molar-refractivity contribution >= 4 is 38.9 Å². The zero-order valence-corrected chi connectivity index (χ0v) is 13.8. The van der Waals surface area contributed by atoms with Gasteiger partial charge >= 0.3 is 0 Å². The Morgan fingerprint density at radius 3 is 2.25 bits per heavy atom. The number of nitrogens with zero attached hydrogens (tertiary/aromatic N) is 1. The fraction of sp³-hybridized carbons (Fsp3) is 0.538. The summed E-state index contributed by atoms with van der Waals surface area (Å²) in [4.78, 5) is -0.0446. The molecule has 7 heteroatoms. The fourth-order valence-electron chi connectivity index (χ4n) is 2.40. The third-order valence-corrected chi connectivity index (χ3v) is 6.70. The van der Waals surface area contributed by atoms with Crippen molar-refractivity contribution in [3.63, 3.8) is 0 Å². The Balaban J connectivity index is 2.41. The lowest BCUT2D eigenvalue weighted by atomic mass is 9.90. The van der Waals surface area contributed by atoms with Crippen LogP contribution in [0.25, 0.3) is 0 Å². The molecular weight excluding hydrogens is 319 g/mol. The van der Waals surface area contributed by atoms with Gasteiger partial charge < -0.3 is 5.73 Å². The average Bonchev–Trinajstić information content (AvgIpc) is 2.30. The van der Waals surface area contributed by atoms with E-state index >= 15 is 0 Å². The van der Waals surface area contributed by atoms with Crippen LogP contribution in [0.4, 0.5) is 5.69 Å². The molecule has 1 saturated heterocycles. The van der Waals surface area contributed by atoms with E-state index in [9.17, 15) is 8.42 Å². The molecule has 4 nitrogen and oxygen atoms in total. The summed E-state index contributed by atoms with van der Waals surface area (Å²) in [6, 6.07) is 2.83. The second kappa shape index (κ2) is 5.72. The monoisotopic (exact) mass is 336 g/mol. The van der Waals surface area contributed by atoms with Gasteiger partial charge in [-0.1, -0.05) is 37.0 Å². The third-order valence-electron chi connectivity index (χ3n) is 3.92. The summed E-state index contributed by atoms with van der Waals surface area (Å²) in [5.74, 6) is 0.823. The van der Waals surface area contributed by atoms with Gasteiger partial charge in [0.15, 0.2) is 0 Å². The standard InChI is InChI=1S/C13H18Cl2N2O2S/c1-8-3-4-17(7-9(8)2)20(18,19)13-11(14)5-10(16)6-12(13)15/h5-6,8-9H,3-4,7,16H2,1-2H3. The Kier molecular flexibility index (Phi) is 4.54. The molecule has 0 aliphatic carbocycles. The maximum absolute atomic E-state index is 12.7. The Bertz CT molecular complexity index is 596. The van der Waals surface area contributed by atoms with Crippen molar-refractivity contribution < 1.29 is 8.42 Å². The van der Waals surface area contributed by atoms with Crippen LogP contribution in [0.3, 0.4) is 0 Å². The topological polar surface area (TPSA) is 63.4 Å². The van der Waals surface area contributed by atoms with E-state index in [1.807, 2.05) is 0 Å². The first-order valence-corrected chi connectivity index (χ1v) is 8.67. The second-order valence-corrected chi connectivity index (χ2v) is 8.11. The van der Waals surface area contributed by atoms with E-state index in [4.69, 9.17) is 28.9 Å². The van der Waals surface area contributed by atoms with Gasteiger partial charge in [0.1, 0.15) is 4.90 Å². The highest BCUT2D eigenvalue weighted by molar-refractivity contribution is 7.89. The minimum Gasteiger partial charge on any atom is -0.399 e. The van der Waals surface area contributed by atoms with E-state index < -0.39 is 10.0 Å². The predicted octanol–water partition coefficient (Wildman–Crippen LogP) is 3.24. The third kappa shape index (κ3) is 2.91. The molecule has 0 aromatic heterocycles. The number of piperidine rings is 1. The van der Waals surface area contributed by atoms with E-state index in [0.29, 0.717) is 30.6 Å². The van der Waals surface area contributed by atoms with Crippen LogP contribution < -0.4 is 5.73 Å². The largest absolute Gasteiger partial charge is 0.399 e. The molecule has 1 aromatic rings. The maximum atomic E-state index is 12.7. The molecule has 2 N–H and O–H groups in total. The van der Waals surface area contributed by atoms with Crippen molar-refractivity contribution in [3.05, 3.63) is 22.2 Å². The fourth-order valence-corrected chi connectivity index (χ4v) is 5.13. The van der Waals surface area contributed by atoms with Gasteiger partial charge in [-0.25, -0.2) is 8.42 Å². The van der Waals surface area contributed by atoms with Gasteiger partial charge in [0.25, 0.3) is 0 Å². The van der Waals surface area contributed by atoms with Crippen molar-refractivity contribution in [3.8, 4) is 0 Å². The first-order chi connectivity index (χ1) is 9.23. The minimum atomic E-state index is -3.68. The summed E-state index contributed by atoms with van der Waals surface area (Å²) in [6.45, 7) is 5.17. The summed E-state index contributed by atoms with van der Waals surface area (Å²) in [5, 5.41) is 0.141. The van der Waals surface area contributed by atoms with Crippen LogP contribution in [0.5, 0.6) is 0 Å². The van der Waals surface area contributed by atoms with Crippen LogP contribution in [0.1, 0.15) is 20.3 Å². The molecule has 0 amide bonds. The van der Waals surface area contributed by atoms with Gasteiger partial charge in [-0.3, -0.25) is 0 Å². The number of halogens is 2. The highest BCUT2D eigenvalue weighted by Crippen LogP contribution is 2.36. The summed E-state index contributed by atoms with van der Waals surface area (Å²) >= 11 is 12.1. The number of nitrogen functional groups attached to an aromatic ring is 1. The molecule has 0 bridgehead atoms. The lowest BCUT2D eigenvalue weighted by Crippen LogP contribution is -2.42. The summed E-state index contributed by atoms with van der Waals surface area (Å²) < 4.78 is 26.9. The molecular formula is C13H18Cl2N2O2S. The van der Waals surface area contributed by atoms with Crippen LogP contribution in [-0.2, 0) is 10.0 Å². The summed E-state index contributed by atoms with van der Waals surface area (Å²) in [5.41, 5.74) is 5.96. The maximum Gasteiger partial charge on any atom is 0.246 e. The number of anilines is 1. The highest BCUT2D eigenvalue weighted by Gasteiger charge is 2.34. The van der Waals surface area contributed by atoms with Gasteiger partial charge in [0.05, 0.1) is 10.0 Å². The number of hydrogen-bond donors (Lipinski definition) is 1. The smallest absolute Gasteiger partial charge is 0.246 e. The molecule has 1 heterocycles. The molecule has 1 aliphatic heterocycles. The molecule has 0 saturated carbocycles. The van der Waals surface area contributed by atoms with Gasteiger partial charge in [-0.15, -0.1) is 0 Å². The van der Waals surface area contributed by atoms with Crippen LogP contribution in [0.2, 0.25) is 10.0 Å². The summed E-state index contributed by atoms with van der Waals surface area (Å²) in [6.07, 6.45) is 0.838. The molecule has 112 valence electrons. The van der Waals surface area contributed by atoms with Crippen LogP contribution >= 0.6 is 23.2 Å². The van der Waals surface area contributed by atoms with E-state index in [1.165, 1.54) is 16.4 Å². The van der Waals surface area contributed by atoms with E-state index in [-0.39, 0.29) is 14.9 Å². The summed E-state index contributed by atoms with van der Waals surface area (Å²) in [7, 11) is -3.68. The van der Waals surface area contributed by atoms with Gasteiger partial charge in [0.2, 0.25) is 10.0 Å². The number of hydrogen-bond acceptors (Lipinski definition) is 3. The lowest BCUT2D eigenvalue weighted by molar-refractivity contribution is 0.212. The number of rotatable bonds is 2. The van der Waals surface area contributed by atoms with Crippen molar-refractivity contribution in [2.45, 2.75) is 25.2 Å².